The number of rotatable bonds is 8. The first kappa shape index (κ1) is 24.2. The summed E-state index contributed by atoms with van der Waals surface area (Å²) >= 11 is 1.39. The van der Waals surface area contributed by atoms with E-state index in [0.29, 0.717) is 29.7 Å². The van der Waals surface area contributed by atoms with Crippen LogP contribution in [0.25, 0.3) is 10.2 Å². The fourth-order valence-electron chi connectivity index (χ4n) is 4.19. The summed E-state index contributed by atoms with van der Waals surface area (Å²) in [6, 6.07) is 5.82. The molecule has 1 fully saturated rings. The number of nitrogens with zero attached hydrogens (tertiary/aromatic N) is 4. The summed E-state index contributed by atoms with van der Waals surface area (Å²) in [7, 11) is 6.50. The highest BCUT2D eigenvalue weighted by Gasteiger charge is 2.27. The molecule has 0 aliphatic carbocycles. The first-order chi connectivity index (χ1) is 16.5. The average Bonchev–Trinajstić information content (AvgIpc) is 3.20. The molecule has 1 saturated heterocycles. The highest BCUT2D eigenvalue weighted by molar-refractivity contribution is 7.20. The fourth-order valence-corrected chi connectivity index (χ4v) is 5.35. The zero-order chi connectivity index (χ0) is 24.2. The molecule has 34 heavy (non-hydrogen) atoms. The molecule has 1 amide bonds. The van der Waals surface area contributed by atoms with Crippen LogP contribution >= 0.6 is 11.3 Å². The van der Waals surface area contributed by atoms with Gasteiger partial charge in [0.2, 0.25) is 5.88 Å². The Kier molecular flexibility index (Phi) is 7.50. The lowest BCUT2D eigenvalue weighted by Gasteiger charge is -2.35. The number of aryl methyl sites for hydroxylation is 1. The van der Waals surface area contributed by atoms with Crippen molar-refractivity contribution in [3.8, 4) is 17.4 Å². The van der Waals surface area contributed by atoms with E-state index in [1.54, 1.807) is 28.4 Å². The van der Waals surface area contributed by atoms with E-state index in [4.69, 9.17) is 18.9 Å². The van der Waals surface area contributed by atoms with E-state index in [1.807, 2.05) is 30.0 Å². The smallest absolute Gasteiger partial charge is 0.264 e. The monoisotopic (exact) mass is 486 g/mol. The number of methoxy groups -OCH3 is 4. The van der Waals surface area contributed by atoms with Crippen LogP contribution < -0.4 is 14.2 Å². The fraction of sp³-hybridized carbons (Fsp3) is 0.458. The molecule has 0 radical (unpaired) electrons. The molecule has 1 aliphatic heterocycles. The van der Waals surface area contributed by atoms with E-state index >= 15 is 0 Å². The third-order valence-electron chi connectivity index (χ3n) is 6.01. The van der Waals surface area contributed by atoms with Crippen LogP contribution in [0.1, 0.15) is 26.6 Å². The van der Waals surface area contributed by atoms with E-state index < -0.39 is 0 Å². The molecule has 0 saturated carbocycles. The predicted molar refractivity (Wildman–Crippen MR) is 130 cm³/mol. The van der Waals surface area contributed by atoms with Gasteiger partial charge in [0.25, 0.3) is 5.91 Å². The Hall–Kier alpha value is -2.95. The predicted octanol–water partition coefficient (Wildman–Crippen LogP) is 3.13. The summed E-state index contributed by atoms with van der Waals surface area (Å²) < 4.78 is 21.5. The summed E-state index contributed by atoms with van der Waals surface area (Å²) in [5, 5.41) is 0.791. The van der Waals surface area contributed by atoms with Crippen molar-refractivity contribution < 1.29 is 23.7 Å². The molecule has 182 valence electrons. The number of fused-ring (bicyclic) bond motifs is 1. The van der Waals surface area contributed by atoms with Gasteiger partial charge in [0, 0.05) is 45.4 Å². The number of hydrogen-bond acceptors (Lipinski definition) is 9. The van der Waals surface area contributed by atoms with Crippen LogP contribution in [0.2, 0.25) is 0 Å². The van der Waals surface area contributed by atoms with Crippen molar-refractivity contribution in [3.05, 3.63) is 40.0 Å². The molecule has 0 unspecified atom stereocenters. The van der Waals surface area contributed by atoms with Gasteiger partial charge < -0.3 is 23.8 Å². The lowest BCUT2D eigenvalue weighted by molar-refractivity contribution is 0.0631. The second-order valence-corrected chi connectivity index (χ2v) is 9.06. The van der Waals surface area contributed by atoms with Crippen LogP contribution in [0.5, 0.6) is 17.4 Å². The molecule has 0 spiro atoms. The molecule has 0 atom stereocenters. The Balaban J connectivity index is 1.48. The van der Waals surface area contributed by atoms with Crippen molar-refractivity contribution >= 4 is 27.5 Å². The van der Waals surface area contributed by atoms with Crippen LogP contribution in [0.15, 0.2) is 18.2 Å². The van der Waals surface area contributed by atoms with Crippen molar-refractivity contribution in [2.45, 2.75) is 20.1 Å². The zero-order valence-electron chi connectivity index (χ0n) is 20.2. The molecule has 9 nitrogen and oxygen atoms in total. The maximum Gasteiger partial charge on any atom is 0.264 e. The third-order valence-corrected chi connectivity index (χ3v) is 7.18. The van der Waals surface area contributed by atoms with Crippen LogP contribution in [0, 0.1) is 6.92 Å². The molecule has 0 bridgehead atoms. The number of amides is 1. The number of carbonyl (C=O) groups excluding carboxylic acids is 1. The van der Waals surface area contributed by atoms with Crippen molar-refractivity contribution in [1.82, 2.24) is 19.8 Å². The average molecular weight is 487 g/mol. The lowest BCUT2D eigenvalue weighted by Crippen LogP contribution is -2.48. The Labute approximate surface area is 203 Å². The Morgan fingerprint density at radius 2 is 1.79 bits per heavy atom. The number of carbonyl (C=O) groups is 1. The molecule has 10 heteroatoms. The zero-order valence-corrected chi connectivity index (χ0v) is 21.0. The van der Waals surface area contributed by atoms with Gasteiger partial charge >= 0.3 is 0 Å². The third kappa shape index (κ3) is 4.79. The van der Waals surface area contributed by atoms with Crippen LogP contribution in [-0.2, 0) is 17.9 Å². The molecule has 1 aliphatic rings. The van der Waals surface area contributed by atoms with Gasteiger partial charge in [-0.1, -0.05) is 0 Å². The van der Waals surface area contributed by atoms with E-state index in [9.17, 15) is 4.79 Å². The normalized spacial score (nSPS) is 14.4. The Bertz CT molecular complexity index is 1170. The van der Waals surface area contributed by atoms with Gasteiger partial charge in [-0.15, -0.1) is 11.3 Å². The Morgan fingerprint density at radius 3 is 2.44 bits per heavy atom. The van der Waals surface area contributed by atoms with Gasteiger partial charge in [0.05, 0.1) is 31.6 Å². The summed E-state index contributed by atoms with van der Waals surface area (Å²) in [4.78, 5) is 28.1. The van der Waals surface area contributed by atoms with Gasteiger partial charge in [-0.25, -0.2) is 4.98 Å². The molecular formula is C24H30N4O5S. The number of aromatic nitrogens is 2. The number of piperazine rings is 1. The Morgan fingerprint density at radius 1 is 1.03 bits per heavy atom. The summed E-state index contributed by atoms with van der Waals surface area (Å²) in [5.41, 5.74) is 1.92. The van der Waals surface area contributed by atoms with Crippen molar-refractivity contribution in [2.75, 3.05) is 54.6 Å². The summed E-state index contributed by atoms with van der Waals surface area (Å²) in [6.45, 7) is 5.80. The highest BCUT2D eigenvalue weighted by Crippen LogP contribution is 2.36. The van der Waals surface area contributed by atoms with E-state index in [-0.39, 0.29) is 12.5 Å². The van der Waals surface area contributed by atoms with Crippen molar-refractivity contribution in [1.29, 1.82) is 0 Å². The van der Waals surface area contributed by atoms with Crippen molar-refractivity contribution in [3.63, 3.8) is 0 Å². The number of hydrogen-bond donors (Lipinski definition) is 0. The van der Waals surface area contributed by atoms with Gasteiger partial charge in [0.15, 0.2) is 5.82 Å². The maximum atomic E-state index is 13.4. The minimum absolute atomic E-state index is 0.0226. The highest BCUT2D eigenvalue weighted by atomic mass is 32.1. The minimum atomic E-state index is 0.0226. The number of thiophene rings is 1. The second-order valence-electron chi connectivity index (χ2n) is 8.06. The standard InChI is InChI=1S/C24H30N4O5S/c1-15-20-22(33-5)25-19(14-30-2)26-23(20)34-21(15)24(29)28-10-8-27(9-11-28)13-16-12-17(31-3)6-7-18(16)32-4/h6-7,12H,8-11,13-14H2,1-5H3. The molecular weight excluding hydrogens is 456 g/mol. The lowest BCUT2D eigenvalue weighted by atomic mass is 10.1. The first-order valence-electron chi connectivity index (χ1n) is 11.0. The molecule has 2 aromatic heterocycles. The minimum Gasteiger partial charge on any atom is -0.497 e. The van der Waals surface area contributed by atoms with Gasteiger partial charge in [-0.05, 0) is 30.7 Å². The van der Waals surface area contributed by atoms with Crippen LogP contribution in [0.3, 0.4) is 0 Å². The quantitative estimate of drug-likeness (QED) is 0.480. The molecule has 4 rings (SSSR count). The van der Waals surface area contributed by atoms with E-state index in [0.717, 1.165) is 52.5 Å². The SMILES string of the molecule is COCc1nc(OC)c2c(C)c(C(=O)N3CCN(Cc4cc(OC)ccc4OC)CC3)sc2n1. The van der Waals surface area contributed by atoms with Gasteiger partial charge in [-0.2, -0.15) is 4.98 Å². The largest absolute Gasteiger partial charge is 0.497 e. The topological polar surface area (TPSA) is 86.3 Å². The van der Waals surface area contributed by atoms with E-state index in [2.05, 4.69) is 14.9 Å². The summed E-state index contributed by atoms with van der Waals surface area (Å²) in [5.74, 6) is 2.67. The van der Waals surface area contributed by atoms with Crippen LogP contribution in [0.4, 0.5) is 0 Å². The van der Waals surface area contributed by atoms with Crippen LogP contribution in [-0.4, -0.2) is 80.3 Å². The van der Waals surface area contributed by atoms with E-state index in [1.165, 1.54) is 11.3 Å². The number of ether oxygens (including phenoxy) is 4. The number of benzene rings is 1. The first-order valence-corrected chi connectivity index (χ1v) is 11.9. The van der Waals surface area contributed by atoms with Gasteiger partial charge in [0.1, 0.15) is 22.9 Å². The molecule has 3 heterocycles. The maximum absolute atomic E-state index is 13.4. The summed E-state index contributed by atoms with van der Waals surface area (Å²) in [6.07, 6.45) is 0. The van der Waals surface area contributed by atoms with Gasteiger partial charge in [-0.3, -0.25) is 9.69 Å². The second kappa shape index (κ2) is 10.5. The molecule has 0 N–H and O–H groups in total. The van der Waals surface area contributed by atoms with Crippen molar-refractivity contribution in [2.24, 2.45) is 0 Å². The molecule has 3 aromatic rings. The molecule has 1 aromatic carbocycles.